The first kappa shape index (κ1) is 29.1. The van der Waals surface area contributed by atoms with Gasteiger partial charge in [-0.1, -0.05) is 115 Å². The number of benzene rings is 8. The van der Waals surface area contributed by atoms with Crippen molar-refractivity contribution >= 4 is 60.7 Å². The number of fused-ring (bicyclic) bond motifs is 6. The smallest absolute Gasteiger partial charge is 0.0547 e. The Labute approximate surface area is 296 Å². The molecule has 0 amide bonds. The van der Waals surface area contributed by atoms with Crippen LogP contribution >= 0.6 is 0 Å². The summed E-state index contributed by atoms with van der Waals surface area (Å²) < 4.78 is 4.80. The largest absolute Gasteiger partial charge is 0.310 e. The summed E-state index contributed by atoms with van der Waals surface area (Å²) in [4.78, 5) is 2.32. The minimum atomic E-state index is 1.11. The Bertz CT molecular complexity index is 2810. The van der Waals surface area contributed by atoms with Gasteiger partial charge in [0.05, 0.1) is 22.1 Å². The van der Waals surface area contributed by atoms with Gasteiger partial charge in [-0.05, 0) is 96.1 Å². The monoisotopic (exact) mass is 651 g/mol. The van der Waals surface area contributed by atoms with Crippen molar-refractivity contribution in [1.29, 1.82) is 0 Å². The Morgan fingerprint density at radius 3 is 1.55 bits per heavy atom. The van der Waals surface area contributed by atoms with Crippen LogP contribution in [-0.4, -0.2) is 9.13 Å². The van der Waals surface area contributed by atoms with Crippen molar-refractivity contribution in [3.8, 4) is 22.5 Å². The summed E-state index contributed by atoms with van der Waals surface area (Å²) in [7, 11) is 0. The quantitative estimate of drug-likeness (QED) is 0.174. The molecule has 3 heteroatoms. The normalized spacial score (nSPS) is 11.5. The summed E-state index contributed by atoms with van der Waals surface area (Å²) in [5.74, 6) is 0. The first-order chi connectivity index (χ1) is 25.3. The van der Waals surface area contributed by atoms with Crippen molar-refractivity contribution in [3.63, 3.8) is 0 Å². The molecule has 0 aliphatic heterocycles. The van der Waals surface area contributed by atoms with E-state index in [1.807, 2.05) is 0 Å². The highest BCUT2D eigenvalue weighted by Crippen LogP contribution is 2.42. The predicted octanol–water partition coefficient (Wildman–Crippen LogP) is 13.0. The molecule has 0 bridgehead atoms. The zero-order chi connectivity index (χ0) is 33.7. The lowest BCUT2D eigenvalue weighted by Gasteiger charge is -2.26. The maximum absolute atomic E-state index is 2.41. The zero-order valence-electron chi connectivity index (χ0n) is 27.9. The molecule has 0 atom stereocenters. The van der Waals surface area contributed by atoms with Crippen molar-refractivity contribution in [2.24, 2.45) is 0 Å². The van der Waals surface area contributed by atoms with Gasteiger partial charge in [0.2, 0.25) is 0 Å². The Morgan fingerprint density at radius 2 is 0.824 bits per heavy atom. The SMILES string of the molecule is c1ccc(N(c2ccccc2)c2cccc(-n3c4ccccc4c4cc(-c5cccc6c5c5ccccc5n6-c5ccccc5)ccc43)c2)cc1. The van der Waals surface area contributed by atoms with E-state index in [0.29, 0.717) is 0 Å². The number of rotatable bonds is 6. The Hall–Kier alpha value is -6.84. The van der Waals surface area contributed by atoms with E-state index >= 15 is 0 Å². The summed E-state index contributed by atoms with van der Waals surface area (Å²) in [5, 5.41) is 5.00. The van der Waals surface area contributed by atoms with Gasteiger partial charge in [-0.15, -0.1) is 0 Å². The maximum Gasteiger partial charge on any atom is 0.0547 e. The topological polar surface area (TPSA) is 13.1 Å². The molecule has 240 valence electrons. The van der Waals surface area contributed by atoms with E-state index in [4.69, 9.17) is 0 Å². The molecular weight excluding hydrogens is 619 g/mol. The zero-order valence-corrected chi connectivity index (χ0v) is 27.9. The molecule has 51 heavy (non-hydrogen) atoms. The molecule has 3 nitrogen and oxygen atoms in total. The van der Waals surface area contributed by atoms with Gasteiger partial charge in [-0.2, -0.15) is 0 Å². The van der Waals surface area contributed by atoms with Crippen LogP contribution in [0.2, 0.25) is 0 Å². The van der Waals surface area contributed by atoms with Crippen LogP contribution in [0.1, 0.15) is 0 Å². The van der Waals surface area contributed by atoms with Gasteiger partial charge in [-0.25, -0.2) is 0 Å². The highest BCUT2D eigenvalue weighted by Gasteiger charge is 2.19. The Balaban J connectivity index is 1.17. The summed E-state index contributed by atoms with van der Waals surface area (Å²) in [6.07, 6.45) is 0. The average Bonchev–Trinajstić information content (AvgIpc) is 3.72. The van der Waals surface area contributed by atoms with E-state index in [0.717, 1.165) is 22.7 Å². The molecule has 0 fully saturated rings. The minimum Gasteiger partial charge on any atom is -0.310 e. The third-order valence-electron chi connectivity index (χ3n) is 10.1. The number of hydrogen-bond acceptors (Lipinski definition) is 1. The van der Waals surface area contributed by atoms with Crippen molar-refractivity contribution in [1.82, 2.24) is 9.13 Å². The average molecular weight is 652 g/mol. The standard InChI is InChI=1S/C48H33N3/c1-4-16-35(17-5-1)49(36-18-6-2-7-19-36)38-22-14-23-39(33-38)51-44-27-12-10-24-41(44)43-32-34(30-31-46(43)51)40-26-15-29-47-48(40)42-25-11-13-28-45(42)50(47)37-20-8-3-9-21-37/h1-33H. The van der Waals surface area contributed by atoms with E-state index in [-0.39, 0.29) is 0 Å². The van der Waals surface area contributed by atoms with Crippen molar-refractivity contribution in [2.45, 2.75) is 0 Å². The van der Waals surface area contributed by atoms with Crippen LogP contribution in [0.3, 0.4) is 0 Å². The van der Waals surface area contributed by atoms with Crippen LogP contribution in [0.15, 0.2) is 200 Å². The van der Waals surface area contributed by atoms with Gasteiger partial charge in [0.25, 0.3) is 0 Å². The fourth-order valence-corrected chi connectivity index (χ4v) is 7.91. The molecule has 0 radical (unpaired) electrons. The van der Waals surface area contributed by atoms with Crippen LogP contribution in [0.5, 0.6) is 0 Å². The molecule has 0 saturated carbocycles. The van der Waals surface area contributed by atoms with Crippen molar-refractivity contribution < 1.29 is 0 Å². The predicted molar refractivity (Wildman–Crippen MR) is 215 cm³/mol. The first-order valence-electron chi connectivity index (χ1n) is 17.5. The summed E-state index contributed by atoms with van der Waals surface area (Å²) >= 11 is 0. The van der Waals surface area contributed by atoms with Crippen LogP contribution < -0.4 is 4.90 Å². The molecule has 2 aromatic heterocycles. The van der Waals surface area contributed by atoms with Gasteiger partial charge in [0.1, 0.15) is 0 Å². The Kier molecular flexibility index (Phi) is 6.81. The van der Waals surface area contributed by atoms with Gasteiger partial charge in [-0.3, -0.25) is 0 Å². The van der Waals surface area contributed by atoms with Gasteiger partial charge in [0, 0.05) is 50.0 Å². The van der Waals surface area contributed by atoms with Crippen LogP contribution in [0.25, 0.3) is 66.1 Å². The number of para-hydroxylation sites is 5. The molecule has 10 rings (SSSR count). The molecular formula is C48H33N3. The lowest BCUT2D eigenvalue weighted by molar-refractivity contribution is 1.17. The molecule has 0 N–H and O–H groups in total. The fraction of sp³-hybridized carbons (Fsp3) is 0. The molecule has 0 aliphatic carbocycles. The molecule has 0 unspecified atom stereocenters. The molecule has 0 spiro atoms. The summed E-state index contributed by atoms with van der Waals surface area (Å²) in [5.41, 5.74) is 12.9. The molecule has 8 aromatic carbocycles. The molecule has 10 aromatic rings. The van der Waals surface area contributed by atoms with E-state index < -0.39 is 0 Å². The van der Waals surface area contributed by atoms with E-state index in [1.165, 1.54) is 60.4 Å². The van der Waals surface area contributed by atoms with Crippen molar-refractivity contribution in [2.75, 3.05) is 4.90 Å². The van der Waals surface area contributed by atoms with E-state index in [2.05, 4.69) is 214 Å². The third-order valence-corrected chi connectivity index (χ3v) is 10.1. The van der Waals surface area contributed by atoms with Crippen molar-refractivity contribution in [3.05, 3.63) is 200 Å². The fourth-order valence-electron chi connectivity index (χ4n) is 7.91. The minimum absolute atomic E-state index is 1.11. The number of hydrogen-bond donors (Lipinski definition) is 0. The second kappa shape index (κ2) is 11.9. The lowest BCUT2D eigenvalue weighted by Crippen LogP contribution is -2.10. The maximum atomic E-state index is 2.41. The van der Waals surface area contributed by atoms with Crippen LogP contribution in [0.4, 0.5) is 17.1 Å². The first-order valence-corrected chi connectivity index (χ1v) is 17.5. The van der Waals surface area contributed by atoms with Gasteiger partial charge < -0.3 is 14.0 Å². The molecule has 2 heterocycles. The Morgan fingerprint density at radius 1 is 0.314 bits per heavy atom. The number of nitrogens with zero attached hydrogens (tertiary/aromatic N) is 3. The van der Waals surface area contributed by atoms with Gasteiger partial charge in [0.15, 0.2) is 0 Å². The van der Waals surface area contributed by atoms with Gasteiger partial charge >= 0.3 is 0 Å². The summed E-state index contributed by atoms with van der Waals surface area (Å²) in [6, 6.07) is 72.0. The second-order valence-corrected chi connectivity index (χ2v) is 13.0. The number of anilines is 3. The third kappa shape index (κ3) is 4.74. The van der Waals surface area contributed by atoms with E-state index in [9.17, 15) is 0 Å². The highest BCUT2D eigenvalue weighted by atomic mass is 15.1. The second-order valence-electron chi connectivity index (χ2n) is 13.0. The van der Waals surface area contributed by atoms with E-state index in [1.54, 1.807) is 0 Å². The molecule has 0 aliphatic rings. The van der Waals surface area contributed by atoms with Crippen LogP contribution in [0, 0.1) is 0 Å². The lowest BCUT2D eigenvalue weighted by atomic mass is 9.98. The molecule has 0 saturated heterocycles. The number of aromatic nitrogens is 2. The summed E-state index contributed by atoms with van der Waals surface area (Å²) in [6.45, 7) is 0. The highest BCUT2D eigenvalue weighted by molar-refractivity contribution is 6.17. The van der Waals surface area contributed by atoms with Crippen LogP contribution in [-0.2, 0) is 0 Å².